The van der Waals surface area contributed by atoms with Gasteiger partial charge in [0.25, 0.3) is 0 Å². The lowest BCUT2D eigenvalue weighted by molar-refractivity contribution is 0.111. The number of aldehydes is 1. The van der Waals surface area contributed by atoms with Crippen LogP contribution in [-0.2, 0) is 0 Å². The quantitative estimate of drug-likeness (QED) is 0.621. The molecule has 0 radical (unpaired) electrons. The van der Waals surface area contributed by atoms with Gasteiger partial charge in [-0.3, -0.25) is 4.79 Å². The molecule has 0 aliphatic carbocycles. The summed E-state index contributed by atoms with van der Waals surface area (Å²) in [5.41, 5.74) is 0.719. The van der Waals surface area contributed by atoms with Crippen molar-refractivity contribution in [2.45, 2.75) is 0 Å². The summed E-state index contributed by atoms with van der Waals surface area (Å²) in [6.45, 7) is 0. The van der Waals surface area contributed by atoms with Crippen LogP contribution in [0.1, 0.15) is 10.5 Å². The second kappa shape index (κ2) is 2.57. The van der Waals surface area contributed by atoms with Crippen LogP contribution in [-0.4, -0.2) is 20.9 Å². The lowest BCUT2D eigenvalue weighted by atomic mass is 10.5. The largest absolute Gasteiger partial charge is 0.296 e. The van der Waals surface area contributed by atoms with Crippen molar-refractivity contribution in [2.24, 2.45) is 0 Å². The molecule has 0 aliphatic rings. The van der Waals surface area contributed by atoms with Gasteiger partial charge in [0.2, 0.25) is 0 Å². The molecule has 2 heterocycles. The lowest BCUT2D eigenvalue weighted by Crippen LogP contribution is -1.87. The number of aromatic nitrogens is 3. The van der Waals surface area contributed by atoms with E-state index in [0.717, 1.165) is 0 Å². The van der Waals surface area contributed by atoms with E-state index in [0.29, 0.717) is 17.0 Å². The van der Waals surface area contributed by atoms with Crippen LogP contribution >= 0.6 is 11.6 Å². The van der Waals surface area contributed by atoms with Gasteiger partial charge in [0.05, 0.1) is 0 Å². The molecule has 0 unspecified atom stereocenters. The van der Waals surface area contributed by atoms with Gasteiger partial charge in [-0.15, -0.1) is 0 Å². The predicted molar refractivity (Wildman–Crippen MR) is 43.4 cm³/mol. The zero-order valence-electron chi connectivity index (χ0n) is 5.94. The number of carbonyl (C=O) groups is 1. The third-order valence-electron chi connectivity index (χ3n) is 1.48. The molecule has 0 fully saturated rings. The van der Waals surface area contributed by atoms with Crippen LogP contribution in [0.3, 0.4) is 0 Å². The van der Waals surface area contributed by atoms with Crippen molar-refractivity contribution >= 4 is 23.5 Å². The Labute approximate surface area is 72.8 Å². The fourth-order valence-electron chi connectivity index (χ4n) is 0.951. The zero-order chi connectivity index (χ0) is 8.55. The maximum atomic E-state index is 10.4. The van der Waals surface area contributed by atoms with E-state index < -0.39 is 0 Å². The molecule has 5 heteroatoms. The van der Waals surface area contributed by atoms with Crippen LogP contribution in [0.5, 0.6) is 0 Å². The van der Waals surface area contributed by atoms with Gasteiger partial charge < -0.3 is 0 Å². The molecule has 0 saturated heterocycles. The molecule has 0 spiro atoms. The average molecular weight is 182 g/mol. The summed E-state index contributed by atoms with van der Waals surface area (Å²) in [5.74, 6) is 0. The molecule has 0 N–H and O–H groups in total. The monoisotopic (exact) mass is 181 g/mol. The molecule has 0 atom stereocenters. The minimum absolute atomic E-state index is 0.218. The Morgan fingerprint density at radius 1 is 1.58 bits per heavy atom. The second-order valence-electron chi connectivity index (χ2n) is 2.20. The predicted octanol–water partition coefficient (Wildman–Crippen LogP) is 1.20. The van der Waals surface area contributed by atoms with Gasteiger partial charge in [-0.1, -0.05) is 11.6 Å². The number of nitrogens with zero attached hydrogens (tertiary/aromatic N) is 3. The van der Waals surface area contributed by atoms with Gasteiger partial charge in [0.1, 0.15) is 10.7 Å². The van der Waals surface area contributed by atoms with Gasteiger partial charge in [0, 0.05) is 12.4 Å². The fraction of sp³-hybridized carbons (Fsp3) is 0. The summed E-state index contributed by atoms with van der Waals surface area (Å²) in [6.07, 6.45) is 3.88. The molecular formula is C7H4ClN3O. The summed E-state index contributed by atoms with van der Waals surface area (Å²) in [4.78, 5) is 14.4. The Morgan fingerprint density at radius 2 is 2.42 bits per heavy atom. The van der Waals surface area contributed by atoms with E-state index in [1.165, 1.54) is 4.52 Å². The SMILES string of the molecule is O=Cc1nn2cccnc2c1Cl. The maximum Gasteiger partial charge on any atom is 0.174 e. The average Bonchev–Trinajstić information content (AvgIpc) is 2.44. The molecule has 0 amide bonds. The normalized spacial score (nSPS) is 10.4. The number of carbonyl (C=O) groups excluding carboxylic acids is 1. The molecule has 0 aliphatic heterocycles. The van der Waals surface area contributed by atoms with Crippen molar-refractivity contribution in [1.82, 2.24) is 14.6 Å². The molecule has 0 aromatic carbocycles. The molecule has 0 saturated carbocycles. The summed E-state index contributed by atoms with van der Waals surface area (Å²) in [6, 6.07) is 1.71. The van der Waals surface area contributed by atoms with Crippen molar-refractivity contribution in [3.05, 3.63) is 29.2 Å². The first-order valence-electron chi connectivity index (χ1n) is 3.27. The van der Waals surface area contributed by atoms with E-state index in [9.17, 15) is 4.79 Å². The summed E-state index contributed by atoms with van der Waals surface area (Å²) in [5, 5.41) is 4.18. The number of hydrogen-bond donors (Lipinski definition) is 0. The van der Waals surface area contributed by atoms with Crippen molar-refractivity contribution in [3.63, 3.8) is 0 Å². The maximum absolute atomic E-state index is 10.4. The molecule has 4 nitrogen and oxygen atoms in total. The smallest absolute Gasteiger partial charge is 0.174 e. The van der Waals surface area contributed by atoms with Gasteiger partial charge in [0.15, 0.2) is 11.9 Å². The Balaban J connectivity index is 2.87. The van der Waals surface area contributed by atoms with Crippen LogP contribution in [0.2, 0.25) is 5.02 Å². The van der Waals surface area contributed by atoms with Crippen LogP contribution in [0, 0.1) is 0 Å². The first-order valence-corrected chi connectivity index (χ1v) is 3.65. The van der Waals surface area contributed by atoms with Gasteiger partial charge >= 0.3 is 0 Å². The second-order valence-corrected chi connectivity index (χ2v) is 2.58. The molecule has 60 valence electrons. The van der Waals surface area contributed by atoms with E-state index >= 15 is 0 Å². The summed E-state index contributed by atoms with van der Waals surface area (Å²) < 4.78 is 1.46. The Kier molecular flexibility index (Phi) is 1.55. The molecule has 0 bridgehead atoms. The topological polar surface area (TPSA) is 47.3 Å². The van der Waals surface area contributed by atoms with Crippen molar-refractivity contribution < 1.29 is 4.79 Å². The molecule has 2 rings (SSSR count). The summed E-state index contributed by atoms with van der Waals surface area (Å²) >= 11 is 5.78. The van der Waals surface area contributed by atoms with Crippen LogP contribution in [0.25, 0.3) is 5.65 Å². The number of halogens is 1. The van der Waals surface area contributed by atoms with E-state index in [4.69, 9.17) is 11.6 Å². The van der Waals surface area contributed by atoms with Gasteiger partial charge in [-0.2, -0.15) is 5.10 Å². The molecule has 2 aromatic rings. The molecule has 12 heavy (non-hydrogen) atoms. The number of rotatable bonds is 1. The zero-order valence-corrected chi connectivity index (χ0v) is 6.69. The van der Waals surface area contributed by atoms with Crippen molar-refractivity contribution in [2.75, 3.05) is 0 Å². The standard InChI is InChI=1S/C7H4ClN3O/c8-6-5(4-12)10-11-3-1-2-9-7(6)11/h1-4H. The highest BCUT2D eigenvalue weighted by Crippen LogP contribution is 2.17. The third-order valence-corrected chi connectivity index (χ3v) is 1.84. The molecule has 2 aromatic heterocycles. The van der Waals surface area contributed by atoms with Crippen LogP contribution in [0.4, 0.5) is 0 Å². The van der Waals surface area contributed by atoms with E-state index in [2.05, 4.69) is 10.1 Å². The number of fused-ring (bicyclic) bond motifs is 1. The Hall–Kier alpha value is -1.42. The van der Waals surface area contributed by atoms with E-state index in [1.807, 2.05) is 0 Å². The van der Waals surface area contributed by atoms with Gasteiger partial charge in [-0.05, 0) is 6.07 Å². The highest BCUT2D eigenvalue weighted by molar-refractivity contribution is 6.35. The van der Waals surface area contributed by atoms with Crippen LogP contribution in [0.15, 0.2) is 18.5 Å². The third kappa shape index (κ3) is 0.887. The number of hydrogen-bond acceptors (Lipinski definition) is 3. The fourth-order valence-corrected chi connectivity index (χ4v) is 1.17. The Bertz CT molecular complexity index is 437. The van der Waals surface area contributed by atoms with Crippen molar-refractivity contribution in [1.29, 1.82) is 0 Å². The van der Waals surface area contributed by atoms with Crippen molar-refractivity contribution in [3.8, 4) is 0 Å². The molecular weight excluding hydrogens is 178 g/mol. The minimum atomic E-state index is 0.218. The van der Waals surface area contributed by atoms with E-state index in [1.54, 1.807) is 18.5 Å². The van der Waals surface area contributed by atoms with Crippen LogP contribution < -0.4 is 0 Å². The minimum Gasteiger partial charge on any atom is -0.296 e. The van der Waals surface area contributed by atoms with Gasteiger partial charge in [-0.25, -0.2) is 9.50 Å². The highest BCUT2D eigenvalue weighted by atomic mass is 35.5. The highest BCUT2D eigenvalue weighted by Gasteiger charge is 2.09. The van der Waals surface area contributed by atoms with E-state index in [-0.39, 0.29) is 5.69 Å². The Morgan fingerprint density at radius 3 is 3.08 bits per heavy atom. The lowest BCUT2D eigenvalue weighted by Gasteiger charge is -1.87. The first kappa shape index (κ1) is 7.24. The first-order chi connectivity index (χ1) is 5.83. The summed E-state index contributed by atoms with van der Waals surface area (Å²) in [7, 11) is 0.